The monoisotopic (exact) mass is 308 g/mol. The van der Waals surface area contributed by atoms with E-state index in [9.17, 15) is 13.2 Å². The van der Waals surface area contributed by atoms with Gasteiger partial charge in [-0.25, -0.2) is 8.42 Å². The van der Waals surface area contributed by atoms with Gasteiger partial charge in [0, 0.05) is 0 Å². The average Bonchev–Trinajstić information content (AvgIpc) is 2.15. The fourth-order valence-electron chi connectivity index (χ4n) is 1.31. The molecule has 1 rings (SSSR count). The van der Waals surface area contributed by atoms with E-state index in [1.807, 2.05) is 0 Å². The lowest BCUT2D eigenvalue weighted by molar-refractivity contribution is -0.136. The van der Waals surface area contributed by atoms with Crippen LogP contribution in [-0.2, 0) is 20.5 Å². The minimum absolute atomic E-state index is 0. The van der Waals surface area contributed by atoms with Crippen molar-refractivity contribution in [1.29, 1.82) is 0 Å². The lowest BCUT2D eigenvalue weighted by atomic mass is 10.2. The molecule has 0 heterocycles. The van der Waals surface area contributed by atoms with Crippen LogP contribution in [0.15, 0.2) is 29.2 Å². The maximum atomic E-state index is 12.1. The van der Waals surface area contributed by atoms with Gasteiger partial charge in [0.25, 0.3) is 0 Å². The Kier molecular flexibility index (Phi) is 5.58. The highest BCUT2D eigenvalue weighted by Crippen LogP contribution is 2.22. The maximum absolute atomic E-state index is 12.1. The Morgan fingerprint density at radius 1 is 1.17 bits per heavy atom. The number of benzene rings is 1. The number of hydrogen-bond acceptors (Lipinski definition) is 3. The van der Waals surface area contributed by atoms with Gasteiger partial charge in [-0.3, -0.25) is 4.79 Å². The third-order valence-corrected chi connectivity index (χ3v) is 10.4. The summed E-state index contributed by atoms with van der Waals surface area (Å²) in [4.78, 5) is 10.8. The summed E-state index contributed by atoms with van der Waals surface area (Å²) in [6.45, 7) is 5.31. The molecule has 0 atom stereocenters. The quantitative estimate of drug-likeness (QED) is 0.867. The molecule has 0 fully saturated rings. The van der Waals surface area contributed by atoms with E-state index in [0.29, 0.717) is 5.56 Å². The number of carboxylic acids is 1. The Balaban J connectivity index is 0.00000289. The van der Waals surface area contributed by atoms with E-state index in [0.717, 1.165) is 0 Å². The summed E-state index contributed by atoms with van der Waals surface area (Å²) in [5.41, 5.74) is 0.604. The van der Waals surface area contributed by atoms with Gasteiger partial charge in [-0.15, -0.1) is 12.4 Å². The summed E-state index contributed by atoms with van der Waals surface area (Å²) in [5, 5.41) is 8.61. The summed E-state index contributed by atoms with van der Waals surface area (Å²) in [5.74, 6) is -0.925. The predicted octanol–water partition coefficient (Wildman–Crippen LogP) is 2.34. The van der Waals surface area contributed by atoms with E-state index in [4.69, 9.17) is 5.11 Å². The summed E-state index contributed by atoms with van der Waals surface area (Å²) in [7, 11) is -5.55. The van der Waals surface area contributed by atoms with Crippen molar-refractivity contribution < 1.29 is 18.3 Å². The summed E-state index contributed by atoms with van der Waals surface area (Å²) < 4.78 is 24.3. The molecule has 0 bridgehead atoms. The molecule has 0 amide bonds. The lowest BCUT2D eigenvalue weighted by Gasteiger charge is -2.16. The molecule has 1 aromatic carbocycles. The van der Waals surface area contributed by atoms with E-state index in [1.54, 1.807) is 31.8 Å². The first-order valence-corrected chi connectivity index (χ1v) is 10.9. The second-order valence-corrected chi connectivity index (χ2v) is 15.8. The highest BCUT2D eigenvalue weighted by molar-refractivity contribution is 8.21. The number of aliphatic carboxylic acids is 1. The zero-order valence-corrected chi connectivity index (χ0v) is 13.1. The summed E-state index contributed by atoms with van der Waals surface area (Å²) in [6.07, 6.45) is -0.0900. The Bertz CT molecular complexity index is 517. The van der Waals surface area contributed by atoms with Crippen LogP contribution in [0.3, 0.4) is 0 Å². The molecule has 0 aromatic heterocycles. The van der Waals surface area contributed by atoms with Crippen LogP contribution in [0, 0.1) is 0 Å². The second kappa shape index (κ2) is 5.86. The molecule has 18 heavy (non-hydrogen) atoms. The molecule has 0 radical (unpaired) electrons. The average molecular weight is 309 g/mol. The van der Waals surface area contributed by atoms with Crippen molar-refractivity contribution in [2.45, 2.75) is 31.0 Å². The topological polar surface area (TPSA) is 71.4 Å². The molecule has 0 aliphatic heterocycles. The number of halogens is 1. The van der Waals surface area contributed by atoms with E-state index in [2.05, 4.69) is 0 Å². The standard InChI is InChI=1S/C11H16O4SSi.ClH/c1-17(2,3)16(14,15)10-6-4-9(5-7-10)8-11(12)13;/h4-7H,8H2,1-3H3,(H,12,13);1H. The van der Waals surface area contributed by atoms with Gasteiger partial charge in [-0.05, 0) is 17.7 Å². The van der Waals surface area contributed by atoms with Crippen molar-refractivity contribution in [3.63, 3.8) is 0 Å². The normalized spacial score (nSPS) is 11.7. The molecule has 1 aromatic rings. The van der Waals surface area contributed by atoms with Crippen LogP contribution in [0.4, 0.5) is 0 Å². The highest BCUT2D eigenvalue weighted by Gasteiger charge is 2.33. The second-order valence-electron chi connectivity index (χ2n) is 4.83. The van der Waals surface area contributed by atoms with Crippen LogP contribution in [0.5, 0.6) is 0 Å². The first kappa shape index (κ1) is 17.1. The SMILES string of the molecule is C[Si](C)(C)S(=O)(=O)c1ccc(CC(=O)O)cc1.Cl. The van der Waals surface area contributed by atoms with Crippen LogP contribution in [-0.4, -0.2) is 26.7 Å². The zero-order chi connectivity index (χ0) is 13.3. The number of rotatable bonds is 4. The summed E-state index contributed by atoms with van der Waals surface area (Å²) in [6, 6.07) is 6.10. The Hall–Kier alpha value is -0.853. The van der Waals surface area contributed by atoms with Gasteiger partial charge in [0.1, 0.15) is 9.29 Å². The number of carboxylic acid groups (broad SMARTS) is 1. The number of carbonyl (C=O) groups is 1. The minimum atomic E-state index is -3.23. The van der Waals surface area contributed by atoms with E-state index >= 15 is 0 Å². The molecule has 1 N–H and O–H groups in total. The van der Waals surface area contributed by atoms with Crippen molar-refractivity contribution in [1.82, 2.24) is 0 Å². The molecule has 4 nitrogen and oxygen atoms in total. The van der Waals surface area contributed by atoms with Crippen LogP contribution in [0.1, 0.15) is 5.56 Å². The molecule has 102 valence electrons. The third-order valence-electron chi connectivity index (χ3n) is 2.40. The Labute approximate surface area is 114 Å². The lowest BCUT2D eigenvalue weighted by Crippen LogP contribution is -2.33. The maximum Gasteiger partial charge on any atom is 0.307 e. The Morgan fingerprint density at radius 2 is 1.61 bits per heavy atom. The van der Waals surface area contributed by atoms with E-state index in [-0.39, 0.29) is 23.7 Å². The molecular weight excluding hydrogens is 292 g/mol. The smallest absolute Gasteiger partial charge is 0.307 e. The molecule has 0 unspecified atom stereocenters. The first-order valence-electron chi connectivity index (χ1n) is 5.20. The van der Waals surface area contributed by atoms with Crippen molar-refractivity contribution in [2.75, 3.05) is 0 Å². The van der Waals surface area contributed by atoms with Gasteiger partial charge < -0.3 is 5.11 Å². The van der Waals surface area contributed by atoms with Crippen LogP contribution in [0.25, 0.3) is 0 Å². The molecular formula is C11H17ClO4SSi. The van der Waals surface area contributed by atoms with E-state index in [1.165, 1.54) is 12.1 Å². The van der Waals surface area contributed by atoms with Gasteiger partial charge in [-0.1, -0.05) is 31.8 Å². The molecule has 0 aliphatic carbocycles. The van der Waals surface area contributed by atoms with E-state index < -0.39 is 22.5 Å². The molecule has 0 spiro atoms. The van der Waals surface area contributed by atoms with Crippen LogP contribution in [0.2, 0.25) is 19.6 Å². The van der Waals surface area contributed by atoms with Gasteiger partial charge >= 0.3 is 5.97 Å². The van der Waals surface area contributed by atoms with Gasteiger partial charge in [-0.2, -0.15) is 0 Å². The zero-order valence-electron chi connectivity index (χ0n) is 10.5. The van der Waals surface area contributed by atoms with Crippen molar-refractivity contribution >= 4 is 34.9 Å². The van der Waals surface area contributed by atoms with Crippen molar-refractivity contribution in [3.05, 3.63) is 29.8 Å². The largest absolute Gasteiger partial charge is 0.481 e. The van der Waals surface area contributed by atoms with Crippen LogP contribution < -0.4 is 0 Å². The fourth-order valence-corrected chi connectivity index (χ4v) is 5.05. The molecule has 0 aliphatic rings. The van der Waals surface area contributed by atoms with Crippen molar-refractivity contribution in [3.8, 4) is 0 Å². The molecule has 0 saturated carbocycles. The van der Waals surface area contributed by atoms with Crippen molar-refractivity contribution in [2.24, 2.45) is 0 Å². The third kappa shape index (κ3) is 3.83. The first-order chi connectivity index (χ1) is 7.64. The summed E-state index contributed by atoms with van der Waals surface area (Å²) >= 11 is 0. The molecule has 0 saturated heterocycles. The van der Waals surface area contributed by atoms with Gasteiger partial charge in [0.05, 0.1) is 11.3 Å². The Morgan fingerprint density at radius 3 is 1.94 bits per heavy atom. The van der Waals surface area contributed by atoms with Gasteiger partial charge in [0.15, 0.2) is 7.22 Å². The minimum Gasteiger partial charge on any atom is -0.481 e. The predicted molar refractivity (Wildman–Crippen MR) is 75.6 cm³/mol. The fraction of sp³-hybridized carbons (Fsp3) is 0.364. The van der Waals surface area contributed by atoms with Crippen LogP contribution >= 0.6 is 12.4 Å². The highest BCUT2D eigenvalue weighted by atomic mass is 35.5. The number of hydrogen-bond donors (Lipinski definition) is 1. The molecule has 7 heteroatoms. The van der Waals surface area contributed by atoms with Gasteiger partial charge in [0.2, 0.25) is 0 Å².